The van der Waals surface area contributed by atoms with E-state index in [-0.39, 0.29) is 31.4 Å². The van der Waals surface area contributed by atoms with E-state index in [4.69, 9.17) is 17.2 Å². The van der Waals surface area contributed by atoms with Crippen LogP contribution in [0.5, 0.6) is 0 Å². The van der Waals surface area contributed by atoms with Gasteiger partial charge in [0.1, 0.15) is 6.04 Å². The molecule has 8 N–H and O–H groups in total. The number of halogens is 1. The molecule has 0 aliphatic heterocycles. The number of nitrogens with one attached hydrogen (secondary N) is 2. The van der Waals surface area contributed by atoms with E-state index in [1.165, 1.54) is 17.3 Å². The van der Waals surface area contributed by atoms with Crippen LogP contribution in [0.3, 0.4) is 0 Å². The molecule has 0 saturated heterocycles. The number of hydrogen-bond donors (Lipinski definition) is 5. The maximum atomic E-state index is 12.9. The fraction of sp³-hybridized carbons (Fsp3) is 0.409. The van der Waals surface area contributed by atoms with E-state index in [1.54, 1.807) is 0 Å². The van der Waals surface area contributed by atoms with Crippen LogP contribution in [0.1, 0.15) is 18.4 Å². The Morgan fingerprint density at radius 3 is 2.21 bits per heavy atom. The minimum Gasteiger partial charge on any atom is -0.343 e. The molecular formula is C22H31BrN8O3. The molecule has 0 aliphatic carbocycles. The van der Waals surface area contributed by atoms with Gasteiger partial charge in [0.2, 0.25) is 23.7 Å². The number of carbonyl (C=O) groups is 3. The van der Waals surface area contributed by atoms with Gasteiger partial charge >= 0.3 is 0 Å². The molecule has 2 atom stereocenters. The molecule has 0 unspecified atom stereocenters. The monoisotopic (exact) mass is 534 g/mol. The lowest BCUT2D eigenvalue weighted by atomic mass is 10.0. The lowest BCUT2D eigenvalue weighted by Gasteiger charge is -2.24. The van der Waals surface area contributed by atoms with Gasteiger partial charge in [0.05, 0.1) is 16.9 Å². The Kier molecular flexibility index (Phi) is 11.5. The number of hydrogen-bond acceptors (Lipinski definition) is 8. The predicted octanol–water partition coefficient (Wildman–Crippen LogP) is -0.241. The second-order valence-electron chi connectivity index (χ2n) is 7.57. The zero-order valence-corrected chi connectivity index (χ0v) is 20.4. The molecular weight excluding hydrogens is 504 g/mol. The number of anilines is 1. The van der Waals surface area contributed by atoms with Crippen LogP contribution in [-0.2, 0) is 20.8 Å². The molecule has 34 heavy (non-hydrogen) atoms. The van der Waals surface area contributed by atoms with Crippen molar-refractivity contribution in [2.75, 3.05) is 31.5 Å². The first-order valence-electron chi connectivity index (χ1n) is 10.9. The van der Waals surface area contributed by atoms with Crippen LogP contribution in [0.25, 0.3) is 0 Å². The Balaban J connectivity index is 2.05. The number of nitrogens with two attached hydrogens (primary N) is 3. The zero-order valence-electron chi connectivity index (χ0n) is 18.8. The van der Waals surface area contributed by atoms with Crippen molar-refractivity contribution in [3.05, 3.63) is 52.8 Å². The van der Waals surface area contributed by atoms with Crippen molar-refractivity contribution < 1.29 is 14.4 Å². The summed E-state index contributed by atoms with van der Waals surface area (Å²) >= 11 is 3.24. The van der Waals surface area contributed by atoms with Crippen molar-refractivity contribution in [3.63, 3.8) is 0 Å². The average molecular weight is 535 g/mol. The first kappa shape index (κ1) is 27.3. The van der Waals surface area contributed by atoms with Crippen molar-refractivity contribution in [3.8, 4) is 0 Å². The Labute approximate surface area is 207 Å². The number of nitrogens with zero attached hydrogens (tertiary/aromatic N) is 3. The lowest BCUT2D eigenvalue weighted by Crippen LogP contribution is -2.52. The van der Waals surface area contributed by atoms with E-state index >= 15 is 0 Å². The zero-order chi connectivity index (χ0) is 24.9. The summed E-state index contributed by atoms with van der Waals surface area (Å²) in [5.74, 6) is -1.32. The SMILES string of the molecule is NCCN(CCN)C(=O)C[C@H](N)C(=O)N[C@@H](CCc1ccccc1)C(=O)Nc1ncc(Br)cn1. The van der Waals surface area contributed by atoms with E-state index in [0.717, 1.165) is 5.56 Å². The molecule has 0 spiro atoms. The third-order valence-corrected chi connectivity index (χ3v) is 5.34. The highest BCUT2D eigenvalue weighted by molar-refractivity contribution is 9.10. The van der Waals surface area contributed by atoms with E-state index in [9.17, 15) is 14.4 Å². The minimum absolute atomic E-state index is 0.103. The molecule has 0 saturated carbocycles. The summed E-state index contributed by atoms with van der Waals surface area (Å²) in [6, 6.07) is 7.51. The molecule has 1 heterocycles. The van der Waals surface area contributed by atoms with Crippen molar-refractivity contribution >= 4 is 39.6 Å². The third-order valence-electron chi connectivity index (χ3n) is 4.93. The van der Waals surface area contributed by atoms with Crippen molar-refractivity contribution in [1.29, 1.82) is 0 Å². The maximum absolute atomic E-state index is 12.9. The van der Waals surface area contributed by atoms with Crippen LogP contribution in [0, 0.1) is 0 Å². The normalized spacial score (nSPS) is 12.5. The third kappa shape index (κ3) is 9.14. The second kappa shape index (κ2) is 14.4. The van der Waals surface area contributed by atoms with Gasteiger partial charge in [-0.05, 0) is 34.3 Å². The Morgan fingerprint density at radius 1 is 1.00 bits per heavy atom. The summed E-state index contributed by atoms with van der Waals surface area (Å²) in [6.45, 7) is 1.18. The number of amides is 3. The molecule has 184 valence electrons. The first-order chi connectivity index (χ1) is 16.3. The molecule has 3 amide bonds. The first-order valence-corrected chi connectivity index (χ1v) is 11.7. The summed E-state index contributed by atoms with van der Waals surface area (Å²) in [5.41, 5.74) is 18.1. The average Bonchev–Trinajstić information content (AvgIpc) is 2.83. The molecule has 2 rings (SSSR count). The Bertz CT molecular complexity index is 924. The summed E-state index contributed by atoms with van der Waals surface area (Å²) < 4.78 is 0.661. The van der Waals surface area contributed by atoms with Gasteiger partial charge in [-0.15, -0.1) is 0 Å². The van der Waals surface area contributed by atoms with Gasteiger partial charge in [0.15, 0.2) is 0 Å². The topological polar surface area (TPSA) is 182 Å². The van der Waals surface area contributed by atoms with Gasteiger partial charge in [-0.3, -0.25) is 19.7 Å². The van der Waals surface area contributed by atoms with Crippen molar-refractivity contribution in [2.45, 2.75) is 31.3 Å². The van der Waals surface area contributed by atoms with Crippen LogP contribution in [0.15, 0.2) is 47.2 Å². The number of carbonyl (C=O) groups excluding carboxylic acids is 3. The van der Waals surface area contributed by atoms with Crippen LogP contribution in [0.4, 0.5) is 5.95 Å². The Morgan fingerprint density at radius 2 is 1.62 bits per heavy atom. The molecule has 11 nitrogen and oxygen atoms in total. The summed E-state index contributed by atoms with van der Waals surface area (Å²) in [7, 11) is 0. The van der Waals surface area contributed by atoms with E-state index < -0.39 is 23.9 Å². The van der Waals surface area contributed by atoms with Gasteiger partial charge in [0.25, 0.3) is 0 Å². The predicted molar refractivity (Wildman–Crippen MR) is 132 cm³/mol. The van der Waals surface area contributed by atoms with E-state index in [1.807, 2.05) is 30.3 Å². The van der Waals surface area contributed by atoms with Crippen molar-refractivity contribution in [2.24, 2.45) is 17.2 Å². The van der Waals surface area contributed by atoms with Crippen LogP contribution in [0.2, 0.25) is 0 Å². The fourth-order valence-corrected chi connectivity index (χ4v) is 3.36. The second-order valence-corrected chi connectivity index (χ2v) is 8.48. The molecule has 1 aromatic heterocycles. The molecule has 0 aliphatic rings. The number of rotatable bonds is 13. The lowest BCUT2D eigenvalue weighted by molar-refractivity contribution is -0.134. The highest BCUT2D eigenvalue weighted by atomic mass is 79.9. The smallest absolute Gasteiger partial charge is 0.249 e. The Hall–Kier alpha value is -2.93. The largest absolute Gasteiger partial charge is 0.343 e. The summed E-state index contributed by atoms with van der Waals surface area (Å²) in [5, 5.41) is 5.27. The van der Waals surface area contributed by atoms with E-state index in [0.29, 0.717) is 30.4 Å². The van der Waals surface area contributed by atoms with Gasteiger partial charge in [0, 0.05) is 38.6 Å². The molecule has 0 bridgehead atoms. The molecule has 0 fully saturated rings. The molecule has 0 radical (unpaired) electrons. The van der Waals surface area contributed by atoms with Gasteiger partial charge in [-0.1, -0.05) is 30.3 Å². The number of aryl methyl sites for hydroxylation is 1. The molecule has 12 heteroatoms. The van der Waals surface area contributed by atoms with Gasteiger partial charge < -0.3 is 27.4 Å². The maximum Gasteiger partial charge on any atom is 0.249 e. The molecule has 1 aromatic carbocycles. The highest BCUT2D eigenvalue weighted by Gasteiger charge is 2.26. The van der Waals surface area contributed by atoms with Crippen molar-refractivity contribution in [1.82, 2.24) is 20.2 Å². The minimum atomic E-state index is -1.14. The number of benzene rings is 1. The highest BCUT2D eigenvalue weighted by Crippen LogP contribution is 2.10. The molecule has 2 aromatic rings. The van der Waals surface area contributed by atoms with Crippen LogP contribution >= 0.6 is 15.9 Å². The fourth-order valence-electron chi connectivity index (χ4n) is 3.16. The van der Waals surface area contributed by atoms with E-state index in [2.05, 4.69) is 36.5 Å². The van der Waals surface area contributed by atoms with Gasteiger partial charge in [-0.25, -0.2) is 9.97 Å². The van der Waals surface area contributed by atoms with Crippen LogP contribution < -0.4 is 27.8 Å². The summed E-state index contributed by atoms with van der Waals surface area (Å²) in [4.78, 5) is 47.7. The quantitative estimate of drug-likeness (QED) is 0.233. The number of aromatic nitrogens is 2. The van der Waals surface area contributed by atoms with Crippen LogP contribution in [-0.4, -0.2) is 70.9 Å². The standard InChI is InChI=1S/C22H31BrN8O3/c23-16-13-27-22(28-14-16)30-21(34)18(7-6-15-4-2-1-3-5-15)29-20(33)17(26)12-19(32)31(10-8-24)11-9-25/h1-5,13-14,17-18H,6-12,24-26H2,(H,29,33)(H,27,28,30,34)/t17-,18-/m0/s1. The summed E-state index contributed by atoms with van der Waals surface area (Å²) in [6.07, 6.45) is 3.61. The van der Waals surface area contributed by atoms with Gasteiger partial charge in [-0.2, -0.15) is 0 Å².